The van der Waals surface area contributed by atoms with Crippen LogP contribution in [0.1, 0.15) is 11.1 Å². The maximum Gasteiger partial charge on any atom is 0.127 e. The summed E-state index contributed by atoms with van der Waals surface area (Å²) >= 11 is 3.56. The maximum absolute atomic E-state index is 5.97. The third kappa shape index (κ3) is 3.92. The van der Waals surface area contributed by atoms with E-state index in [-0.39, 0.29) is 6.04 Å². The van der Waals surface area contributed by atoms with Crippen LogP contribution >= 0.6 is 15.9 Å². The van der Waals surface area contributed by atoms with Crippen molar-refractivity contribution in [2.45, 2.75) is 19.0 Å². The Bertz CT molecular complexity index is 440. The maximum atomic E-state index is 5.97. The molecule has 0 saturated carbocycles. The average Bonchev–Trinajstić information content (AvgIpc) is 2.76. The molecule has 0 bridgehead atoms. The molecule has 1 atom stereocenters. The fourth-order valence-corrected chi connectivity index (χ4v) is 3.04. The number of nitrogens with zero attached hydrogens (tertiary/aromatic N) is 1. The molecule has 0 saturated heterocycles. The molecule has 0 radical (unpaired) electrons. The summed E-state index contributed by atoms with van der Waals surface area (Å²) in [5.74, 6) is 1.05. The van der Waals surface area contributed by atoms with Gasteiger partial charge in [-0.25, -0.2) is 0 Å². The van der Waals surface area contributed by atoms with Crippen LogP contribution < -0.4 is 10.5 Å². The van der Waals surface area contributed by atoms with Crippen LogP contribution in [-0.4, -0.2) is 44.9 Å². The highest BCUT2D eigenvalue weighted by molar-refractivity contribution is 9.10. The van der Waals surface area contributed by atoms with Gasteiger partial charge in [0.1, 0.15) is 5.75 Å². The summed E-state index contributed by atoms with van der Waals surface area (Å²) in [6.07, 6.45) is 0.995. The predicted octanol–water partition coefficient (Wildman–Crippen LogP) is 1.79. The monoisotopic (exact) mass is 328 g/mol. The summed E-state index contributed by atoms with van der Waals surface area (Å²) in [6, 6.07) is 4.31. The zero-order valence-corrected chi connectivity index (χ0v) is 13.1. The van der Waals surface area contributed by atoms with E-state index in [0.29, 0.717) is 6.61 Å². The second-order valence-electron chi connectivity index (χ2n) is 5.06. The zero-order chi connectivity index (χ0) is 13.8. The minimum Gasteiger partial charge on any atom is -0.493 e. The van der Waals surface area contributed by atoms with Crippen molar-refractivity contribution in [3.63, 3.8) is 0 Å². The van der Waals surface area contributed by atoms with Crippen molar-refractivity contribution in [2.24, 2.45) is 5.73 Å². The molecular weight excluding hydrogens is 308 g/mol. The van der Waals surface area contributed by atoms with Gasteiger partial charge in [0.05, 0.1) is 13.2 Å². The SMILES string of the molecule is COCC(N)CN(C)Cc1cc(Br)cc2c1OCC2. The molecule has 19 heavy (non-hydrogen) atoms. The first-order valence-corrected chi connectivity index (χ1v) is 7.26. The van der Waals surface area contributed by atoms with Crippen LogP contribution in [-0.2, 0) is 17.7 Å². The lowest BCUT2D eigenvalue weighted by atomic mass is 10.1. The standard InChI is InChI=1S/C14H21BrN2O2/c1-17(8-13(16)9-18-2)7-11-6-12(15)5-10-3-4-19-14(10)11/h5-6,13H,3-4,7-9,16H2,1-2H3. The third-order valence-electron chi connectivity index (χ3n) is 3.19. The van der Waals surface area contributed by atoms with Crippen LogP contribution in [0.25, 0.3) is 0 Å². The minimum absolute atomic E-state index is 0.0381. The van der Waals surface area contributed by atoms with Gasteiger partial charge in [0.2, 0.25) is 0 Å². The van der Waals surface area contributed by atoms with E-state index in [1.54, 1.807) is 7.11 Å². The number of benzene rings is 1. The number of rotatable bonds is 6. The molecule has 0 amide bonds. The molecule has 0 fully saturated rings. The minimum atomic E-state index is 0.0381. The van der Waals surface area contributed by atoms with Gasteiger partial charge in [-0.1, -0.05) is 15.9 Å². The number of hydrogen-bond acceptors (Lipinski definition) is 4. The van der Waals surface area contributed by atoms with Gasteiger partial charge in [0, 0.05) is 42.7 Å². The van der Waals surface area contributed by atoms with Gasteiger partial charge >= 0.3 is 0 Å². The van der Waals surface area contributed by atoms with E-state index in [4.69, 9.17) is 15.2 Å². The smallest absolute Gasteiger partial charge is 0.127 e. The van der Waals surface area contributed by atoms with Crippen LogP contribution in [0, 0.1) is 0 Å². The molecule has 5 heteroatoms. The molecule has 1 unspecified atom stereocenters. The van der Waals surface area contributed by atoms with E-state index in [2.05, 4.69) is 40.0 Å². The molecule has 2 rings (SSSR count). The summed E-state index contributed by atoms with van der Waals surface area (Å²) in [4.78, 5) is 2.20. The molecule has 1 aromatic rings. The lowest BCUT2D eigenvalue weighted by Gasteiger charge is -2.22. The van der Waals surface area contributed by atoms with Crippen LogP contribution in [0.4, 0.5) is 0 Å². The number of halogens is 1. The molecule has 4 nitrogen and oxygen atoms in total. The second-order valence-corrected chi connectivity index (χ2v) is 5.98. The van der Waals surface area contributed by atoms with E-state index < -0.39 is 0 Å². The Hall–Kier alpha value is -0.620. The lowest BCUT2D eigenvalue weighted by Crippen LogP contribution is -2.38. The van der Waals surface area contributed by atoms with Crippen molar-refractivity contribution in [3.8, 4) is 5.75 Å². The largest absolute Gasteiger partial charge is 0.493 e. The first kappa shape index (κ1) is 14.8. The normalized spacial score (nSPS) is 15.4. The van der Waals surface area contributed by atoms with Crippen LogP contribution in [0.3, 0.4) is 0 Å². The number of hydrogen-bond donors (Lipinski definition) is 1. The quantitative estimate of drug-likeness (QED) is 0.864. The molecule has 106 valence electrons. The van der Waals surface area contributed by atoms with Gasteiger partial charge in [-0.15, -0.1) is 0 Å². The Morgan fingerprint density at radius 3 is 3.05 bits per heavy atom. The summed E-state index contributed by atoms with van der Waals surface area (Å²) in [7, 11) is 3.74. The van der Waals surface area contributed by atoms with Crippen molar-refractivity contribution in [1.82, 2.24) is 4.90 Å². The summed E-state index contributed by atoms with van der Waals surface area (Å²) in [5.41, 5.74) is 8.48. The number of ether oxygens (including phenoxy) is 2. The second kappa shape index (κ2) is 6.70. The van der Waals surface area contributed by atoms with Crippen LogP contribution in [0.5, 0.6) is 5.75 Å². The van der Waals surface area contributed by atoms with Crippen LogP contribution in [0.2, 0.25) is 0 Å². The molecule has 1 heterocycles. The first-order chi connectivity index (χ1) is 9.10. The summed E-state index contributed by atoms with van der Waals surface area (Å²) in [5, 5.41) is 0. The van der Waals surface area contributed by atoms with Gasteiger partial charge in [0.15, 0.2) is 0 Å². The number of fused-ring (bicyclic) bond motifs is 1. The fourth-order valence-electron chi connectivity index (χ4n) is 2.49. The van der Waals surface area contributed by atoms with Gasteiger partial charge in [-0.3, -0.25) is 0 Å². The Balaban J connectivity index is 2.03. The molecule has 1 aliphatic heterocycles. The van der Waals surface area contributed by atoms with E-state index in [9.17, 15) is 0 Å². The van der Waals surface area contributed by atoms with E-state index >= 15 is 0 Å². The number of nitrogens with two attached hydrogens (primary N) is 1. The predicted molar refractivity (Wildman–Crippen MR) is 79.5 cm³/mol. The molecule has 1 aliphatic rings. The van der Waals surface area contributed by atoms with Crippen molar-refractivity contribution in [1.29, 1.82) is 0 Å². The van der Waals surface area contributed by atoms with Crippen molar-refractivity contribution in [3.05, 3.63) is 27.7 Å². The summed E-state index contributed by atoms with van der Waals surface area (Å²) < 4.78 is 11.9. The van der Waals surface area contributed by atoms with E-state index in [0.717, 1.165) is 36.3 Å². The topological polar surface area (TPSA) is 47.7 Å². The Labute approximate surface area is 123 Å². The van der Waals surface area contributed by atoms with Gasteiger partial charge in [0.25, 0.3) is 0 Å². The van der Waals surface area contributed by atoms with Gasteiger partial charge in [-0.2, -0.15) is 0 Å². The lowest BCUT2D eigenvalue weighted by molar-refractivity contribution is 0.159. The molecule has 1 aromatic carbocycles. The van der Waals surface area contributed by atoms with Crippen molar-refractivity contribution < 1.29 is 9.47 Å². The first-order valence-electron chi connectivity index (χ1n) is 6.47. The van der Waals surface area contributed by atoms with E-state index in [1.165, 1.54) is 11.1 Å². The average molecular weight is 329 g/mol. The van der Waals surface area contributed by atoms with Crippen LogP contribution in [0.15, 0.2) is 16.6 Å². The van der Waals surface area contributed by atoms with Crippen molar-refractivity contribution in [2.75, 3.05) is 33.9 Å². The van der Waals surface area contributed by atoms with E-state index in [1.807, 2.05) is 0 Å². The molecule has 0 aliphatic carbocycles. The zero-order valence-electron chi connectivity index (χ0n) is 11.5. The Kier molecular flexibility index (Phi) is 5.21. The molecule has 2 N–H and O–H groups in total. The molecule has 0 aromatic heterocycles. The highest BCUT2D eigenvalue weighted by Gasteiger charge is 2.18. The number of methoxy groups -OCH3 is 1. The third-order valence-corrected chi connectivity index (χ3v) is 3.65. The fraction of sp³-hybridized carbons (Fsp3) is 0.571. The molecular formula is C14H21BrN2O2. The highest BCUT2D eigenvalue weighted by Crippen LogP contribution is 2.33. The summed E-state index contributed by atoms with van der Waals surface area (Å²) in [6.45, 7) is 3.00. The van der Waals surface area contributed by atoms with Gasteiger partial charge in [-0.05, 0) is 24.7 Å². The number of likely N-dealkylation sites (N-methyl/N-ethyl adjacent to an activating group) is 1. The van der Waals surface area contributed by atoms with Gasteiger partial charge < -0.3 is 20.1 Å². The highest BCUT2D eigenvalue weighted by atomic mass is 79.9. The van der Waals surface area contributed by atoms with Crippen molar-refractivity contribution >= 4 is 15.9 Å². The molecule has 0 spiro atoms. The Morgan fingerprint density at radius 2 is 2.32 bits per heavy atom. The Morgan fingerprint density at radius 1 is 1.53 bits per heavy atom.